The lowest BCUT2D eigenvalue weighted by Crippen LogP contribution is -3.10. The zero-order valence-corrected chi connectivity index (χ0v) is 20.7. The van der Waals surface area contributed by atoms with Crippen LogP contribution in [0.5, 0.6) is 11.5 Å². The van der Waals surface area contributed by atoms with E-state index in [4.69, 9.17) is 0 Å². The van der Waals surface area contributed by atoms with Crippen LogP contribution in [0.2, 0.25) is 0 Å². The molecule has 0 atom stereocenters. The number of anilines is 2. The molecule has 2 amide bonds. The van der Waals surface area contributed by atoms with Crippen LogP contribution < -0.4 is 20.4 Å². The molecule has 0 saturated carbocycles. The summed E-state index contributed by atoms with van der Waals surface area (Å²) in [5.74, 6) is -0.0354. The van der Waals surface area contributed by atoms with Gasteiger partial charge in [0, 0.05) is 58.6 Å². The van der Waals surface area contributed by atoms with Gasteiger partial charge in [-0.2, -0.15) is 0 Å². The van der Waals surface area contributed by atoms with Crippen LogP contribution in [0.1, 0.15) is 38.5 Å². The predicted octanol–water partition coefficient (Wildman–Crippen LogP) is 1.42. The van der Waals surface area contributed by atoms with Gasteiger partial charge in [-0.15, -0.1) is 0 Å². The normalized spacial score (nSPS) is 16.7. The number of likely N-dealkylation sites (tertiary alicyclic amines) is 2. The van der Waals surface area contributed by atoms with E-state index >= 15 is 0 Å². The Bertz CT molecular complexity index is 1180. The first-order valence-electron chi connectivity index (χ1n) is 13.2. The van der Waals surface area contributed by atoms with E-state index in [1.807, 2.05) is 0 Å². The number of benzene rings is 3. The average molecular weight is 493 g/mol. The van der Waals surface area contributed by atoms with Crippen molar-refractivity contribution in [2.24, 2.45) is 0 Å². The molecular formula is C28H36N4O4+2. The molecule has 0 unspecified atom stereocenters. The molecule has 3 aromatic carbocycles. The van der Waals surface area contributed by atoms with E-state index in [0.29, 0.717) is 45.8 Å². The van der Waals surface area contributed by atoms with Crippen molar-refractivity contribution in [3.63, 3.8) is 0 Å². The highest BCUT2D eigenvalue weighted by atomic mass is 16.3. The molecular weight excluding hydrogens is 456 g/mol. The maximum atomic E-state index is 12.4. The van der Waals surface area contributed by atoms with Crippen LogP contribution in [0.4, 0.5) is 11.4 Å². The number of phenolic OH excluding ortho intramolecular Hbond substituents is 2. The second-order valence-electron chi connectivity index (χ2n) is 10.2. The second-order valence-corrected chi connectivity index (χ2v) is 10.2. The Morgan fingerprint density at radius 2 is 1.03 bits per heavy atom. The van der Waals surface area contributed by atoms with Crippen LogP contribution in [-0.2, 0) is 9.59 Å². The molecule has 0 bridgehead atoms. The number of carbonyl (C=O) groups excluding carboxylic acids is 2. The topological polar surface area (TPSA) is 108 Å². The van der Waals surface area contributed by atoms with E-state index in [2.05, 4.69) is 10.6 Å². The molecule has 8 heteroatoms. The number of quaternary nitrogens is 2. The van der Waals surface area contributed by atoms with Gasteiger partial charge in [-0.3, -0.25) is 9.59 Å². The first-order chi connectivity index (χ1) is 17.5. The fraction of sp³-hybridized carbons (Fsp3) is 0.429. The molecule has 3 aromatic rings. The van der Waals surface area contributed by atoms with Gasteiger partial charge in [-0.25, -0.2) is 0 Å². The lowest BCUT2D eigenvalue weighted by atomic mass is 9.99. The Kier molecular flexibility index (Phi) is 7.25. The van der Waals surface area contributed by atoms with Gasteiger partial charge in [0.25, 0.3) is 0 Å². The standard InChI is InChI=1S/C28H34N4O4/c33-25(9-15-31-11-1-2-12-31)29-19-5-7-21-23(17-19)27(35)22-8-6-20(18-24(22)28(21)36)30-26(34)10-16-32-13-3-4-14-32/h5-8,17-18,35-36H,1-4,9-16H2,(H,29,33)(H,30,34)/p+2. The molecule has 8 nitrogen and oxygen atoms in total. The Hall–Kier alpha value is -3.36. The lowest BCUT2D eigenvalue weighted by Gasteiger charge is -2.14. The third kappa shape index (κ3) is 5.39. The minimum atomic E-state index is -0.0510. The fourth-order valence-electron chi connectivity index (χ4n) is 5.62. The summed E-state index contributed by atoms with van der Waals surface area (Å²) in [6.07, 6.45) is 5.82. The van der Waals surface area contributed by atoms with Gasteiger partial charge in [0.1, 0.15) is 11.5 Å². The maximum Gasteiger partial charge on any atom is 0.230 e. The molecule has 5 rings (SSSR count). The number of fused-ring (bicyclic) bond motifs is 2. The van der Waals surface area contributed by atoms with E-state index in [0.717, 1.165) is 39.3 Å². The summed E-state index contributed by atoms with van der Waals surface area (Å²) in [4.78, 5) is 27.8. The zero-order chi connectivity index (χ0) is 25.1. The molecule has 6 N–H and O–H groups in total. The summed E-state index contributed by atoms with van der Waals surface area (Å²) < 4.78 is 0. The molecule has 2 aliphatic rings. The molecule has 0 aliphatic carbocycles. The van der Waals surface area contributed by atoms with Crippen molar-refractivity contribution in [3.05, 3.63) is 36.4 Å². The largest absolute Gasteiger partial charge is 0.507 e. The van der Waals surface area contributed by atoms with Crippen molar-refractivity contribution in [3.8, 4) is 11.5 Å². The van der Waals surface area contributed by atoms with E-state index in [1.165, 1.54) is 35.5 Å². The maximum absolute atomic E-state index is 12.4. The number of hydrogen-bond acceptors (Lipinski definition) is 4. The number of nitrogens with one attached hydrogen (secondary N) is 4. The van der Waals surface area contributed by atoms with Crippen LogP contribution in [0.15, 0.2) is 36.4 Å². The SMILES string of the molecule is O=C(CC[NH+]1CCCC1)Nc1ccc2c(O)c3cc(NC(=O)CC[NH+]4CCCC4)ccc3c(O)c2c1. The highest BCUT2D eigenvalue weighted by Gasteiger charge is 2.19. The highest BCUT2D eigenvalue weighted by Crippen LogP contribution is 2.43. The van der Waals surface area contributed by atoms with Crippen LogP contribution in [0, 0.1) is 0 Å². The van der Waals surface area contributed by atoms with Crippen LogP contribution in [-0.4, -0.2) is 61.3 Å². The summed E-state index contributed by atoms with van der Waals surface area (Å²) >= 11 is 0. The summed E-state index contributed by atoms with van der Waals surface area (Å²) in [5, 5.41) is 29.8. The summed E-state index contributed by atoms with van der Waals surface area (Å²) in [5.41, 5.74) is 1.17. The number of hydrogen-bond donors (Lipinski definition) is 6. The molecule has 0 radical (unpaired) electrons. The van der Waals surface area contributed by atoms with Crippen LogP contribution >= 0.6 is 0 Å². The van der Waals surface area contributed by atoms with E-state index in [-0.39, 0.29) is 23.3 Å². The smallest absolute Gasteiger partial charge is 0.230 e. The van der Waals surface area contributed by atoms with Gasteiger partial charge in [0.05, 0.1) is 52.1 Å². The van der Waals surface area contributed by atoms with Crippen molar-refractivity contribution >= 4 is 44.7 Å². The Balaban J connectivity index is 1.31. The highest BCUT2D eigenvalue weighted by molar-refractivity contribution is 6.12. The Morgan fingerprint density at radius 1 is 0.639 bits per heavy atom. The molecule has 190 valence electrons. The van der Waals surface area contributed by atoms with Gasteiger partial charge in [-0.1, -0.05) is 0 Å². The Labute approximate surface area is 210 Å². The van der Waals surface area contributed by atoms with Gasteiger partial charge in [0.2, 0.25) is 11.8 Å². The van der Waals surface area contributed by atoms with Crippen molar-refractivity contribution < 1.29 is 29.6 Å². The Morgan fingerprint density at radius 3 is 1.42 bits per heavy atom. The van der Waals surface area contributed by atoms with Gasteiger partial charge in [0.15, 0.2) is 0 Å². The van der Waals surface area contributed by atoms with Crippen LogP contribution in [0.3, 0.4) is 0 Å². The number of carbonyl (C=O) groups is 2. The molecule has 2 heterocycles. The summed E-state index contributed by atoms with van der Waals surface area (Å²) in [6.45, 7) is 6.19. The van der Waals surface area contributed by atoms with Gasteiger partial charge >= 0.3 is 0 Å². The third-order valence-electron chi connectivity index (χ3n) is 7.66. The van der Waals surface area contributed by atoms with Crippen molar-refractivity contribution in [2.45, 2.75) is 38.5 Å². The zero-order valence-electron chi connectivity index (χ0n) is 20.7. The molecule has 2 saturated heterocycles. The third-order valence-corrected chi connectivity index (χ3v) is 7.66. The number of aromatic hydroxyl groups is 2. The van der Waals surface area contributed by atoms with Crippen molar-refractivity contribution in [1.29, 1.82) is 0 Å². The molecule has 2 aliphatic heterocycles. The van der Waals surface area contributed by atoms with E-state index in [9.17, 15) is 19.8 Å². The molecule has 0 spiro atoms. The first kappa shape index (κ1) is 24.3. The first-order valence-corrected chi connectivity index (χ1v) is 13.2. The van der Waals surface area contributed by atoms with Crippen molar-refractivity contribution in [2.75, 3.05) is 49.9 Å². The number of rotatable bonds is 8. The minimum Gasteiger partial charge on any atom is -0.507 e. The summed E-state index contributed by atoms with van der Waals surface area (Å²) in [6, 6.07) is 10.3. The van der Waals surface area contributed by atoms with E-state index in [1.54, 1.807) is 36.4 Å². The predicted molar refractivity (Wildman–Crippen MR) is 141 cm³/mol. The quantitative estimate of drug-likeness (QED) is 0.211. The van der Waals surface area contributed by atoms with Gasteiger partial charge < -0.3 is 30.6 Å². The average Bonchev–Trinajstić information content (AvgIpc) is 3.59. The second kappa shape index (κ2) is 10.7. The number of phenols is 2. The van der Waals surface area contributed by atoms with E-state index < -0.39 is 0 Å². The molecule has 36 heavy (non-hydrogen) atoms. The molecule has 2 fully saturated rings. The number of amides is 2. The van der Waals surface area contributed by atoms with Crippen molar-refractivity contribution in [1.82, 2.24) is 0 Å². The minimum absolute atomic E-state index is 0.0333. The molecule has 0 aromatic heterocycles. The summed E-state index contributed by atoms with van der Waals surface area (Å²) in [7, 11) is 0. The van der Waals surface area contributed by atoms with Crippen LogP contribution in [0.25, 0.3) is 21.5 Å². The monoisotopic (exact) mass is 492 g/mol. The van der Waals surface area contributed by atoms with Gasteiger partial charge in [-0.05, 0) is 36.4 Å². The lowest BCUT2D eigenvalue weighted by molar-refractivity contribution is -0.886. The fourth-order valence-corrected chi connectivity index (χ4v) is 5.62.